The van der Waals surface area contributed by atoms with Gasteiger partial charge in [-0.1, -0.05) is 41.4 Å². The van der Waals surface area contributed by atoms with E-state index in [0.29, 0.717) is 10.0 Å². The maximum Gasteiger partial charge on any atom is 0.0652 e. The lowest BCUT2D eigenvalue weighted by Crippen LogP contribution is -2.28. The van der Waals surface area contributed by atoms with Gasteiger partial charge in [0.25, 0.3) is 0 Å². The molecular weight excluding hydrogens is 291 g/mol. The third kappa shape index (κ3) is 4.06. The topological polar surface area (TPSA) is 15.3 Å². The molecule has 20 heavy (non-hydrogen) atoms. The zero-order valence-corrected chi connectivity index (χ0v) is 13.0. The van der Waals surface area contributed by atoms with E-state index in [9.17, 15) is 0 Å². The van der Waals surface area contributed by atoms with E-state index in [4.69, 9.17) is 23.2 Å². The summed E-state index contributed by atoms with van der Waals surface area (Å²) < 4.78 is 0. The quantitative estimate of drug-likeness (QED) is 0.813. The summed E-state index contributed by atoms with van der Waals surface area (Å²) in [5, 5.41) is 4.65. The van der Waals surface area contributed by atoms with Gasteiger partial charge in [-0.3, -0.25) is 0 Å². The molecule has 2 nitrogen and oxygen atoms in total. The summed E-state index contributed by atoms with van der Waals surface area (Å²) in [5.74, 6) is 0. The highest BCUT2D eigenvalue weighted by Gasteiger charge is 2.04. The fourth-order valence-electron chi connectivity index (χ4n) is 2.07. The zero-order valence-electron chi connectivity index (χ0n) is 11.4. The molecule has 1 N–H and O–H groups in total. The lowest BCUT2D eigenvalue weighted by Gasteiger charge is -2.23. The van der Waals surface area contributed by atoms with E-state index in [-0.39, 0.29) is 0 Å². The first-order valence-electron chi connectivity index (χ1n) is 6.69. The fourth-order valence-corrected chi connectivity index (χ4v) is 2.54. The number of hydrogen-bond donors (Lipinski definition) is 1. The van der Waals surface area contributed by atoms with Gasteiger partial charge < -0.3 is 10.2 Å². The van der Waals surface area contributed by atoms with Crippen molar-refractivity contribution in [2.24, 2.45) is 0 Å². The third-order valence-corrected chi connectivity index (χ3v) is 3.68. The minimum atomic E-state index is 0.653. The molecule has 0 spiro atoms. The number of para-hydroxylation sites is 1. The SMILES string of the molecule is CCN(CCNc1ccc(Cl)cc1Cl)c1ccccc1. The van der Waals surface area contributed by atoms with Gasteiger partial charge in [-0.15, -0.1) is 0 Å². The normalized spacial score (nSPS) is 10.3. The Morgan fingerprint density at radius 3 is 2.45 bits per heavy atom. The minimum Gasteiger partial charge on any atom is -0.382 e. The van der Waals surface area contributed by atoms with E-state index < -0.39 is 0 Å². The first-order valence-corrected chi connectivity index (χ1v) is 7.45. The van der Waals surface area contributed by atoms with Crippen LogP contribution in [-0.4, -0.2) is 19.6 Å². The molecule has 0 saturated carbocycles. The summed E-state index contributed by atoms with van der Waals surface area (Å²) in [5.41, 5.74) is 2.15. The van der Waals surface area contributed by atoms with Crippen LogP contribution in [0.2, 0.25) is 10.0 Å². The first kappa shape index (κ1) is 15.0. The second-order valence-corrected chi connectivity index (χ2v) is 5.31. The van der Waals surface area contributed by atoms with Crippen molar-refractivity contribution in [3.8, 4) is 0 Å². The van der Waals surface area contributed by atoms with Crippen LogP contribution in [0.4, 0.5) is 11.4 Å². The van der Waals surface area contributed by atoms with Crippen molar-refractivity contribution < 1.29 is 0 Å². The Morgan fingerprint density at radius 2 is 1.80 bits per heavy atom. The molecule has 4 heteroatoms. The molecule has 0 aromatic heterocycles. The molecule has 0 bridgehead atoms. The second-order valence-electron chi connectivity index (χ2n) is 4.47. The number of benzene rings is 2. The number of hydrogen-bond acceptors (Lipinski definition) is 2. The molecule has 2 rings (SSSR count). The number of likely N-dealkylation sites (N-methyl/N-ethyl adjacent to an activating group) is 1. The number of rotatable bonds is 6. The van der Waals surface area contributed by atoms with E-state index in [2.05, 4.69) is 41.4 Å². The third-order valence-electron chi connectivity index (χ3n) is 3.13. The Morgan fingerprint density at radius 1 is 1.05 bits per heavy atom. The largest absolute Gasteiger partial charge is 0.382 e. The molecule has 0 saturated heterocycles. The Labute approximate surface area is 130 Å². The standard InChI is InChI=1S/C16H18Cl2N2/c1-2-20(14-6-4-3-5-7-14)11-10-19-16-9-8-13(17)12-15(16)18/h3-9,12,19H,2,10-11H2,1H3. The highest BCUT2D eigenvalue weighted by Crippen LogP contribution is 2.25. The predicted octanol–water partition coefficient (Wildman–Crippen LogP) is 4.93. The number of halogens is 2. The van der Waals surface area contributed by atoms with Crippen LogP contribution < -0.4 is 10.2 Å². The summed E-state index contributed by atoms with van der Waals surface area (Å²) >= 11 is 12.0. The van der Waals surface area contributed by atoms with Gasteiger partial charge in [0.15, 0.2) is 0 Å². The van der Waals surface area contributed by atoms with Crippen molar-refractivity contribution >= 4 is 34.6 Å². The monoisotopic (exact) mass is 308 g/mol. The molecule has 0 aliphatic heterocycles. The average molecular weight is 309 g/mol. The van der Waals surface area contributed by atoms with Crippen molar-refractivity contribution in [2.75, 3.05) is 29.9 Å². The smallest absolute Gasteiger partial charge is 0.0652 e. The number of nitrogens with zero attached hydrogens (tertiary/aromatic N) is 1. The summed E-state index contributed by atoms with van der Waals surface area (Å²) in [7, 11) is 0. The number of anilines is 2. The Kier molecular flexibility index (Phi) is 5.57. The molecule has 0 amide bonds. The fraction of sp³-hybridized carbons (Fsp3) is 0.250. The summed E-state index contributed by atoms with van der Waals surface area (Å²) in [6.07, 6.45) is 0. The van der Waals surface area contributed by atoms with Gasteiger partial charge in [0.1, 0.15) is 0 Å². The van der Waals surface area contributed by atoms with Gasteiger partial charge in [0.05, 0.1) is 10.7 Å². The lowest BCUT2D eigenvalue weighted by atomic mass is 10.3. The molecule has 0 heterocycles. The maximum absolute atomic E-state index is 6.14. The van der Waals surface area contributed by atoms with E-state index in [1.807, 2.05) is 18.2 Å². The summed E-state index contributed by atoms with van der Waals surface area (Å²) in [6, 6.07) is 15.9. The molecule has 0 aliphatic rings. The van der Waals surface area contributed by atoms with Crippen molar-refractivity contribution in [1.29, 1.82) is 0 Å². The van der Waals surface area contributed by atoms with Crippen LogP contribution >= 0.6 is 23.2 Å². The van der Waals surface area contributed by atoms with Gasteiger partial charge in [-0.25, -0.2) is 0 Å². The highest BCUT2D eigenvalue weighted by atomic mass is 35.5. The van der Waals surface area contributed by atoms with Crippen molar-refractivity contribution in [3.63, 3.8) is 0 Å². The van der Waals surface area contributed by atoms with E-state index in [1.54, 1.807) is 6.07 Å². The van der Waals surface area contributed by atoms with Crippen LogP contribution in [0.1, 0.15) is 6.92 Å². The first-order chi connectivity index (χ1) is 9.70. The lowest BCUT2D eigenvalue weighted by molar-refractivity contribution is 0.835. The Hall–Kier alpha value is -1.38. The summed E-state index contributed by atoms with van der Waals surface area (Å²) in [4.78, 5) is 2.32. The molecule has 2 aromatic carbocycles. The van der Waals surface area contributed by atoms with Crippen molar-refractivity contribution in [2.45, 2.75) is 6.92 Å². The van der Waals surface area contributed by atoms with Crippen LogP contribution in [0.5, 0.6) is 0 Å². The minimum absolute atomic E-state index is 0.653. The van der Waals surface area contributed by atoms with Gasteiger partial charge >= 0.3 is 0 Å². The van der Waals surface area contributed by atoms with Gasteiger partial charge in [-0.05, 0) is 37.3 Å². The van der Waals surface area contributed by atoms with Crippen LogP contribution in [-0.2, 0) is 0 Å². The highest BCUT2D eigenvalue weighted by molar-refractivity contribution is 6.36. The van der Waals surface area contributed by atoms with Crippen molar-refractivity contribution in [3.05, 3.63) is 58.6 Å². The molecule has 0 radical (unpaired) electrons. The molecule has 0 unspecified atom stereocenters. The Bertz CT molecular complexity index is 543. The molecule has 0 atom stereocenters. The zero-order chi connectivity index (χ0) is 14.4. The molecule has 2 aromatic rings. The van der Waals surface area contributed by atoms with Crippen LogP contribution in [0.25, 0.3) is 0 Å². The van der Waals surface area contributed by atoms with Crippen LogP contribution in [0, 0.1) is 0 Å². The average Bonchev–Trinajstić information content (AvgIpc) is 2.46. The molecule has 106 valence electrons. The number of nitrogens with one attached hydrogen (secondary N) is 1. The molecule has 0 aliphatic carbocycles. The van der Waals surface area contributed by atoms with E-state index in [1.165, 1.54) is 5.69 Å². The van der Waals surface area contributed by atoms with E-state index >= 15 is 0 Å². The summed E-state index contributed by atoms with van der Waals surface area (Å²) in [6.45, 7) is 4.87. The molecule has 0 fully saturated rings. The van der Waals surface area contributed by atoms with E-state index in [0.717, 1.165) is 25.3 Å². The molecular formula is C16H18Cl2N2. The van der Waals surface area contributed by atoms with Crippen LogP contribution in [0.15, 0.2) is 48.5 Å². The van der Waals surface area contributed by atoms with Gasteiger partial charge in [-0.2, -0.15) is 0 Å². The van der Waals surface area contributed by atoms with Gasteiger partial charge in [0.2, 0.25) is 0 Å². The Balaban J connectivity index is 1.91. The van der Waals surface area contributed by atoms with Crippen molar-refractivity contribution in [1.82, 2.24) is 0 Å². The second kappa shape index (κ2) is 7.41. The maximum atomic E-state index is 6.14. The van der Waals surface area contributed by atoms with Gasteiger partial charge in [0, 0.05) is 30.3 Å². The predicted molar refractivity (Wildman–Crippen MR) is 89.3 cm³/mol. The van der Waals surface area contributed by atoms with Crippen LogP contribution in [0.3, 0.4) is 0 Å².